The zero-order valence-corrected chi connectivity index (χ0v) is 9.31. The van der Waals surface area contributed by atoms with Crippen LogP contribution in [0, 0.1) is 0 Å². The molecule has 16 heavy (non-hydrogen) atoms. The fraction of sp³-hybridized carbons (Fsp3) is 0.333. The molecule has 1 aliphatic heterocycles. The molecule has 1 atom stereocenters. The predicted molar refractivity (Wildman–Crippen MR) is 60.6 cm³/mol. The smallest absolute Gasteiger partial charge is 0.224 e. The molecule has 1 N–H and O–H groups in total. The third-order valence-electron chi connectivity index (χ3n) is 2.53. The zero-order valence-electron chi connectivity index (χ0n) is 8.55. The first-order valence-electron chi connectivity index (χ1n) is 4.86. The minimum atomic E-state index is 0.122. The van der Waals surface area contributed by atoms with Crippen LogP contribution in [0.25, 0.3) is 11.2 Å². The highest BCUT2D eigenvalue weighted by Gasteiger charge is 2.22. The number of hydrogen-bond donors (Lipinski definition) is 1. The van der Waals surface area contributed by atoms with E-state index in [1.807, 2.05) is 18.3 Å². The summed E-state index contributed by atoms with van der Waals surface area (Å²) in [6.45, 7) is 0.787. The van der Waals surface area contributed by atoms with Gasteiger partial charge in [0, 0.05) is 19.8 Å². The van der Waals surface area contributed by atoms with Gasteiger partial charge < -0.3 is 4.98 Å². The standard InChI is InChI=1S/C9H9ClN6/c1-16-3-5(2-13-16)6-7-8(12-4-11-7)15-9(10)14-6/h2,4-5H,3H2,1H3,(H,11,12,14,15). The number of imidazole rings is 1. The van der Waals surface area contributed by atoms with E-state index in [1.165, 1.54) is 0 Å². The van der Waals surface area contributed by atoms with Crippen molar-refractivity contribution in [1.82, 2.24) is 24.9 Å². The zero-order chi connectivity index (χ0) is 11.1. The average molecular weight is 237 g/mol. The summed E-state index contributed by atoms with van der Waals surface area (Å²) in [6, 6.07) is 0. The molecule has 0 fully saturated rings. The van der Waals surface area contributed by atoms with E-state index in [4.69, 9.17) is 11.6 Å². The number of aromatic nitrogens is 4. The maximum Gasteiger partial charge on any atom is 0.224 e. The van der Waals surface area contributed by atoms with Gasteiger partial charge >= 0.3 is 0 Å². The number of rotatable bonds is 1. The lowest BCUT2D eigenvalue weighted by molar-refractivity contribution is 0.380. The third-order valence-corrected chi connectivity index (χ3v) is 2.70. The van der Waals surface area contributed by atoms with Crippen molar-refractivity contribution in [1.29, 1.82) is 0 Å². The maximum atomic E-state index is 5.87. The lowest BCUT2D eigenvalue weighted by Crippen LogP contribution is -2.13. The van der Waals surface area contributed by atoms with Gasteiger partial charge in [-0.05, 0) is 11.6 Å². The maximum absolute atomic E-state index is 5.87. The van der Waals surface area contributed by atoms with Crippen LogP contribution in [0.3, 0.4) is 0 Å². The van der Waals surface area contributed by atoms with Crippen molar-refractivity contribution in [2.45, 2.75) is 5.92 Å². The van der Waals surface area contributed by atoms with Crippen LogP contribution < -0.4 is 0 Å². The molecule has 2 aromatic rings. The van der Waals surface area contributed by atoms with Crippen molar-refractivity contribution in [2.75, 3.05) is 13.6 Å². The van der Waals surface area contributed by atoms with E-state index < -0.39 is 0 Å². The molecule has 0 amide bonds. The highest BCUT2D eigenvalue weighted by atomic mass is 35.5. The van der Waals surface area contributed by atoms with Gasteiger partial charge in [0.25, 0.3) is 0 Å². The Bertz CT molecular complexity index is 562. The normalized spacial score (nSPS) is 19.9. The van der Waals surface area contributed by atoms with E-state index in [-0.39, 0.29) is 11.2 Å². The van der Waals surface area contributed by atoms with Crippen LogP contribution in [-0.2, 0) is 0 Å². The van der Waals surface area contributed by atoms with Crippen LogP contribution in [0.4, 0.5) is 0 Å². The van der Waals surface area contributed by atoms with Gasteiger partial charge in [0.05, 0.1) is 17.9 Å². The van der Waals surface area contributed by atoms with Crippen LogP contribution in [0.1, 0.15) is 11.6 Å². The molecule has 0 aromatic carbocycles. The van der Waals surface area contributed by atoms with Gasteiger partial charge in [-0.1, -0.05) is 0 Å². The van der Waals surface area contributed by atoms with Crippen molar-refractivity contribution in [3.8, 4) is 0 Å². The molecule has 3 rings (SSSR count). The second-order valence-electron chi connectivity index (χ2n) is 3.69. The largest absolute Gasteiger partial charge is 0.329 e. The molecule has 0 aliphatic carbocycles. The first-order valence-corrected chi connectivity index (χ1v) is 5.23. The summed E-state index contributed by atoms with van der Waals surface area (Å²) in [5, 5.41) is 6.27. The molecule has 1 aliphatic rings. The second-order valence-corrected chi connectivity index (χ2v) is 4.03. The fourth-order valence-corrected chi connectivity index (χ4v) is 1.99. The number of halogens is 1. The monoisotopic (exact) mass is 236 g/mol. The first kappa shape index (κ1) is 9.53. The minimum Gasteiger partial charge on any atom is -0.329 e. The molecule has 7 heteroatoms. The van der Waals surface area contributed by atoms with Crippen molar-refractivity contribution in [2.24, 2.45) is 5.10 Å². The highest BCUT2D eigenvalue weighted by molar-refractivity contribution is 6.28. The van der Waals surface area contributed by atoms with Gasteiger partial charge in [-0.15, -0.1) is 0 Å². The summed E-state index contributed by atoms with van der Waals surface area (Å²) < 4.78 is 0. The van der Waals surface area contributed by atoms with Crippen LogP contribution in [0.2, 0.25) is 5.28 Å². The average Bonchev–Trinajstić information content (AvgIpc) is 2.84. The highest BCUT2D eigenvalue weighted by Crippen LogP contribution is 2.24. The van der Waals surface area contributed by atoms with Gasteiger partial charge in [0.1, 0.15) is 5.52 Å². The molecule has 6 nitrogen and oxygen atoms in total. The Morgan fingerprint density at radius 3 is 3.12 bits per heavy atom. The third kappa shape index (κ3) is 1.42. The van der Waals surface area contributed by atoms with Crippen LogP contribution in [0.15, 0.2) is 11.4 Å². The van der Waals surface area contributed by atoms with Crippen molar-refractivity contribution in [3.63, 3.8) is 0 Å². The Morgan fingerprint density at radius 1 is 1.50 bits per heavy atom. The van der Waals surface area contributed by atoms with E-state index in [0.29, 0.717) is 5.65 Å². The van der Waals surface area contributed by atoms with E-state index in [9.17, 15) is 0 Å². The summed E-state index contributed by atoms with van der Waals surface area (Å²) in [4.78, 5) is 15.4. The Kier molecular flexibility index (Phi) is 2.03. The van der Waals surface area contributed by atoms with Crippen molar-refractivity contribution >= 4 is 29.0 Å². The summed E-state index contributed by atoms with van der Waals surface area (Å²) in [5.41, 5.74) is 2.25. The second kappa shape index (κ2) is 3.41. The Morgan fingerprint density at radius 2 is 2.38 bits per heavy atom. The Balaban J connectivity index is 2.15. The van der Waals surface area contributed by atoms with Crippen LogP contribution in [-0.4, -0.2) is 44.8 Å². The molecule has 0 saturated carbocycles. The number of nitrogens with one attached hydrogen (secondary N) is 1. The summed E-state index contributed by atoms with van der Waals surface area (Å²) in [6.07, 6.45) is 3.45. The summed E-state index contributed by atoms with van der Waals surface area (Å²) >= 11 is 5.87. The molecule has 0 radical (unpaired) electrons. The van der Waals surface area contributed by atoms with Gasteiger partial charge in [-0.2, -0.15) is 10.1 Å². The van der Waals surface area contributed by atoms with E-state index in [1.54, 1.807) is 6.33 Å². The molecular formula is C9H9ClN6. The number of aromatic amines is 1. The summed E-state index contributed by atoms with van der Waals surface area (Å²) in [5.74, 6) is 0.122. The molecule has 82 valence electrons. The lowest BCUT2D eigenvalue weighted by Gasteiger charge is -2.09. The van der Waals surface area contributed by atoms with Gasteiger partial charge in [0.15, 0.2) is 5.65 Å². The number of likely N-dealkylation sites (N-methyl/N-ethyl adjacent to an activating group) is 1. The number of H-pyrrole nitrogens is 1. The van der Waals surface area contributed by atoms with Crippen molar-refractivity contribution < 1.29 is 0 Å². The molecule has 0 bridgehead atoms. The molecule has 0 saturated heterocycles. The number of hydrogen-bond acceptors (Lipinski definition) is 5. The molecule has 3 heterocycles. The Hall–Kier alpha value is -1.69. The SMILES string of the molecule is CN1CC(c2nc(Cl)nc3[nH]cnc23)C=N1. The van der Waals surface area contributed by atoms with Crippen molar-refractivity contribution in [3.05, 3.63) is 17.3 Å². The molecule has 2 aromatic heterocycles. The molecular weight excluding hydrogens is 228 g/mol. The first-order chi connectivity index (χ1) is 7.74. The van der Waals surface area contributed by atoms with E-state index >= 15 is 0 Å². The van der Waals surface area contributed by atoms with E-state index in [2.05, 4.69) is 25.0 Å². The van der Waals surface area contributed by atoms with Crippen LogP contribution >= 0.6 is 11.6 Å². The minimum absolute atomic E-state index is 0.122. The van der Waals surface area contributed by atoms with Gasteiger partial charge in [0.2, 0.25) is 5.28 Å². The lowest BCUT2D eigenvalue weighted by atomic mass is 10.1. The number of nitrogens with zero attached hydrogens (tertiary/aromatic N) is 5. The van der Waals surface area contributed by atoms with Gasteiger partial charge in [-0.3, -0.25) is 5.01 Å². The van der Waals surface area contributed by atoms with E-state index in [0.717, 1.165) is 17.8 Å². The predicted octanol–water partition coefficient (Wildman–Crippen LogP) is 1.02. The summed E-state index contributed by atoms with van der Waals surface area (Å²) in [7, 11) is 1.92. The molecule has 1 unspecified atom stereocenters. The van der Waals surface area contributed by atoms with Crippen LogP contribution in [0.5, 0.6) is 0 Å². The van der Waals surface area contributed by atoms with Gasteiger partial charge in [-0.25, -0.2) is 9.97 Å². The Labute approximate surface area is 96.4 Å². The fourth-order valence-electron chi connectivity index (χ4n) is 1.82. The topological polar surface area (TPSA) is 70.1 Å². The number of fused-ring (bicyclic) bond motifs is 1. The quantitative estimate of drug-likeness (QED) is 0.751. The number of hydrazone groups is 1. The molecule has 0 spiro atoms.